The lowest BCUT2D eigenvalue weighted by Crippen LogP contribution is -2.13. The van der Waals surface area contributed by atoms with Crippen LogP contribution in [-0.4, -0.2) is 18.0 Å². The quantitative estimate of drug-likeness (QED) is 0.258. The summed E-state index contributed by atoms with van der Waals surface area (Å²) in [6.07, 6.45) is 1.49. The van der Waals surface area contributed by atoms with Crippen molar-refractivity contribution < 1.29 is 14.3 Å². The van der Waals surface area contributed by atoms with Crippen LogP contribution in [-0.2, 0) is 11.4 Å². The Bertz CT molecular complexity index is 1340. The van der Waals surface area contributed by atoms with Crippen LogP contribution in [0.25, 0.3) is 16.3 Å². The fourth-order valence-electron chi connectivity index (χ4n) is 3.04. The van der Waals surface area contributed by atoms with Crippen LogP contribution in [0, 0.1) is 11.3 Å². The van der Waals surface area contributed by atoms with E-state index in [1.54, 1.807) is 30.3 Å². The summed E-state index contributed by atoms with van der Waals surface area (Å²) in [7, 11) is 1.53. The number of benzene rings is 3. The van der Waals surface area contributed by atoms with Crippen LogP contribution in [0.1, 0.15) is 11.1 Å². The van der Waals surface area contributed by atoms with E-state index < -0.39 is 5.91 Å². The molecule has 6 nitrogen and oxygen atoms in total. The summed E-state index contributed by atoms with van der Waals surface area (Å²) in [4.78, 5) is 17.0. The number of aromatic nitrogens is 1. The summed E-state index contributed by atoms with van der Waals surface area (Å²) in [5.74, 6) is 0.502. The van der Waals surface area contributed by atoms with Gasteiger partial charge in [-0.3, -0.25) is 10.1 Å². The number of methoxy groups -OCH3 is 1. The highest BCUT2D eigenvalue weighted by Gasteiger charge is 2.13. The van der Waals surface area contributed by atoms with Crippen molar-refractivity contribution in [3.05, 3.63) is 88.5 Å². The molecule has 0 radical (unpaired) electrons. The van der Waals surface area contributed by atoms with E-state index in [0.717, 1.165) is 15.8 Å². The number of hydrogen-bond acceptors (Lipinski definition) is 6. The zero-order valence-corrected chi connectivity index (χ0v) is 19.1. The number of rotatable bonds is 7. The van der Waals surface area contributed by atoms with E-state index in [-0.39, 0.29) is 5.57 Å². The van der Waals surface area contributed by atoms with Gasteiger partial charge in [0, 0.05) is 5.02 Å². The zero-order chi connectivity index (χ0) is 23.2. The van der Waals surface area contributed by atoms with E-state index in [0.29, 0.717) is 33.8 Å². The zero-order valence-electron chi connectivity index (χ0n) is 17.5. The molecule has 0 atom stereocenters. The van der Waals surface area contributed by atoms with Crippen molar-refractivity contribution in [2.24, 2.45) is 0 Å². The van der Waals surface area contributed by atoms with Crippen LogP contribution in [0.3, 0.4) is 0 Å². The van der Waals surface area contributed by atoms with Crippen molar-refractivity contribution in [2.75, 3.05) is 12.4 Å². The lowest BCUT2D eigenvalue weighted by molar-refractivity contribution is -0.112. The minimum absolute atomic E-state index is 0.0499. The molecule has 0 aliphatic carbocycles. The molecule has 0 fully saturated rings. The molecule has 0 aliphatic heterocycles. The van der Waals surface area contributed by atoms with Gasteiger partial charge in [-0.05, 0) is 53.6 Å². The van der Waals surface area contributed by atoms with E-state index >= 15 is 0 Å². The molecule has 0 spiro atoms. The number of nitrogens with zero attached hydrogens (tertiary/aromatic N) is 2. The standard InChI is InChI=1S/C25H18ClN3O3S/c1-31-22-13-17(8-11-21(22)32-15-16-6-9-19(26)10-7-16)12-18(14-27)24(30)29-25-28-20-4-2-3-5-23(20)33-25/h2-13H,15H2,1H3,(H,28,29,30)/b18-12+. The number of anilines is 1. The van der Waals surface area contributed by atoms with Gasteiger partial charge in [0.15, 0.2) is 16.6 Å². The van der Waals surface area contributed by atoms with Gasteiger partial charge < -0.3 is 9.47 Å². The van der Waals surface area contributed by atoms with Crippen molar-refractivity contribution in [3.8, 4) is 17.6 Å². The van der Waals surface area contributed by atoms with Crippen molar-refractivity contribution >= 4 is 50.3 Å². The first-order chi connectivity index (χ1) is 16.1. The van der Waals surface area contributed by atoms with Gasteiger partial charge in [0.25, 0.3) is 5.91 Å². The Kier molecular flexibility index (Phi) is 6.89. The average molecular weight is 476 g/mol. The third kappa shape index (κ3) is 5.50. The second-order valence-corrected chi connectivity index (χ2v) is 8.40. The van der Waals surface area contributed by atoms with Gasteiger partial charge >= 0.3 is 0 Å². The van der Waals surface area contributed by atoms with Gasteiger partial charge in [0.1, 0.15) is 18.2 Å². The van der Waals surface area contributed by atoms with E-state index in [1.165, 1.54) is 24.5 Å². The molecule has 4 aromatic rings. The molecule has 0 aliphatic rings. The van der Waals surface area contributed by atoms with Crippen LogP contribution in [0.4, 0.5) is 5.13 Å². The first-order valence-electron chi connectivity index (χ1n) is 9.90. The summed E-state index contributed by atoms with van der Waals surface area (Å²) in [5.41, 5.74) is 2.33. The van der Waals surface area contributed by atoms with E-state index in [1.807, 2.05) is 42.5 Å². The minimum Gasteiger partial charge on any atom is -0.493 e. The maximum atomic E-state index is 12.6. The average Bonchev–Trinajstić information content (AvgIpc) is 3.24. The molecule has 33 heavy (non-hydrogen) atoms. The SMILES string of the molecule is COc1cc(/C=C(\C#N)C(=O)Nc2nc3ccccc3s2)ccc1OCc1ccc(Cl)cc1. The van der Waals surface area contributed by atoms with Gasteiger partial charge in [0.2, 0.25) is 0 Å². The summed E-state index contributed by atoms with van der Waals surface area (Å²) >= 11 is 7.26. The molecule has 1 amide bonds. The molecule has 8 heteroatoms. The van der Waals surface area contributed by atoms with E-state index in [2.05, 4.69) is 10.3 Å². The Labute approximate surface area is 199 Å². The maximum absolute atomic E-state index is 12.6. The molecular weight excluding hydrogens is 458 g/mol. The smallest absolute Gasteiger partial charge is 0.268 e. The highest BCUT2D eigenvalue weighted by molar-refractivity contribution is 7.22. The molecule has 3 aromatic carbocycles. The number of carbonyl (C=O) groups is 1. The first-order valence-corrected chi connectivity index (χ1v) is 11.1. The van der Waals surface area contributed by atoms with Crippen LogP contribution in [0.2, 0.25) is 5.02 Å². The molecule has 1 N–H and O–H groups in total. The van der Waals surface area contributed by atoms with E-state index in [4.69, 9.17) is 21.1 Å². The Balaban J connectivity index is 1.49. The fraction of sp³-hybridized carbons (Fsp3) is 0.0800. The number of para-hydroxylation sites is 1. The third-order valence-electron chi connectivity index (χ3n) is 4.69. The molecule has 0 unspecified atom stereocenters. The molecule has 4 rings (SSSR count). The molecule has 0 saturated carbocycles. The summed E-state index contributed by atoms with van der Waals surface area (Å²) < 4.78 is 12.2. The number of fused-ring (bicyclic) bond motifs is 1. The van der Waals surface area contributed by atoms with Crippen molar-refractivity contribution in [3.63, 3.8) is 0 Å². The second kappa shape index (κ2) is 10.2. The number of thiazole rings is 1. The molecular formula is C25H18ClN3O3S. The Morgan fingerprint density at radius 3 is 2.67 bits per heavy atom. The van der Waals surface area contributed by atoms with Crippen molar-refractivity contribution in [1.82, 2.24) is 4.98 Å². The van der Waals surface area contributed by atoms with Crippen LogP contribution < -0.4 is 14.8 Å². The summed E-state index contributed by atoms with van der Waals surface area (Å²) in [5, 5.41) is 13.3. The molecule has 0 bridgehead atoms. The fourth-order valence-corrected chi connectivity index (χ4v) is 4.03. The Morgan fingerprint density at radius 1 is 1.15 bits per heavy atom. The number of ether oxygens (including phenoxy) is 2. The molecule has 164 valence electrons. The minimum atomic E-state index is -0.529. The topological polar surface area (TPSA) is 84.2 Å². The van der Waals surface area contributed by atoms with Gasteiger partial charge in [-0.25, -0.2) is 4.98 Å². The number of nitrogens with one attached hydrogen (secondary N) is 1. The number of halogens is 1. The highest BCUT2D eigenvalue weighted by Crippen LogP contribution is 2.30. The number of hydrogen-bond donors (Lipinski definition) is 1. The third-order valence-corrected chi connectivity index (χ3v) is 5.89. The molecule has 1 aromatic heterocycles. The van der Waals surface area contributed by atoms with Crippen LogP contribution in [0.5, 0.6) is 11.5 Å². The van der Waals surface area contributed by atoms with Gasteiger partial charge in [-0.1, -0.05) is 53.3 Å². The Morgan fingerprint density at radius 2 is 1.94 bits per heavy atom. The van der Waals surface area contributed by atoms with Crippen molar-refractivity contribution in [1.29, 1.82) is 5.26 Å². The predicted molar refractivity (Wildman–Crippen MR) is 131 cm³/mol. The van der Waals surface area contributed by atoms with Crippen LogP contribution >= 0.6 is 22.9 Å². The Hall–Kier alpha value is -3.86. The van der Waals surface area contributed by atoms with Crippen molar-refractivity contribution in [2.45, 2.75) is 6.61 Å². The maximum Gasteiger partial charge on any atom is 0.268 e. The highest BCUT2D eigenvalue weighted by atomic mass is 35.5. The first kappa shape index (κ1) is 22.3. The monoisotopic (exact) mass is 475 g/mol. The number of nitriles is 1. The number of amides is 1. The second-order valence-electron chi connectivity index (χ2n) is 6.94. The molecule has 1 heterocycles. The lowest BCUT2D eigenvalue weighted by Gasteiger charge is -2.11. The van der Waals surface area contributed by atoms with Gasteiger partial charge in [-0.15, -0.1) is 0 Å². The lowest BCUT2D eigenvalue weighted by atomic mass is 10.1. The normalized spacial score (nSPS) is 11.1. The van der Waals surface area contributed by atoms with E-state index in [9.17, 15) is 10.1 Å². The summed E-state index contributed by atoms with van der Waals surface area (Å²) in [6.45, 7) is 0.344. The predicted octanol–water partition coefficient (Wildman–Crippen LogP) is 6.08. The van der Waals surface area contributed by atoms with Crippen LogP contribution in [0.15, 0.2) is 72.3 Å². The van der Waals surface area contributed by atoms with Gasteiger partial charge in [-0.2, -0.15) is 5.26 Å². The number of carbonyl (C=O) groups excluding carboxylic acids is 1. The largest absolute Gasteiger partial charge is 0.493 e. The molecule has 0 saturated heterocycles. The van der Waals surface area contributed by atoms with Gasteiger partial charge in [0.05, 0.1) is 17.3 Å². The summed E-state index contributed by atoms with van der Waals surface area (Å²) in [6, 6.07) is 22.1.